The van der Waals surface area contributed by atoms with Crippen molar-refractivity contribution in [3.63, 3.8) is 0 Å². The molecule has 14 atom stereocenters. The zero-order valence-electron chi connectivity index (χ0n) is 22.4. The predicted octanol–water partition coefficient (Wildman–Crippen LogP) is -7.35. The highest BCUT2D eigenvalue weighted by atomic mass is 16.7. The number of rotatable bonds is 15. The third-order valence-electron chi connectivity index (χ3n) is 6.88. The van der Waals surface area contributed by atoms with E-state index in [1.165, 1.54) is 0 Å². The van der Waals surface area contributed by atoms with Gasteiger partial charge in [-0.1, -0.05) is 0 Å². The van der Waals surface area contributed by atoms with Gasteiger partial charge in [-0.25, -0.2) is 4.79 Å². The van der Waals surface area contributed by atoms with Gasteiger partial charge in [-0.3, -0.25) is 4.79 Å². The molecule has 2 aliphatic heterocycles. The van der Waals surface area contributed by atoms with Crippen molar-refractivity contribution in [3.8, 4) is 0 Å². The van der Waals surface area contributed by atoms with Crippen molar-refractivity contribution in [1.82, 2.24) is 5.32 Å². The highest BCUT2D eigenvalue weighted by Gasteiger charge is 2.55. The molecule has 0 saturated carbocycles. The fourth-order valence-corrected chi connectivity index (χ4v) is 4.59. The summed E-state index contributed by atoms with van der Waals surface area (Å²) in [4.78, 5) is 34.8. The predicted molar refractivity (Wildman–Crippen MR) is 130 cm³/mol. The lowest BCUT2D eigenvalue weighted by atomic mass is 9.90. The summed E-state index contributed by atoms with van der Waals surface area (Å²) >= 11 is 0. The fourth-order valence-electron chi connectivity index (χ4n) is 4.59. The van der Waals surface area contributed by atoms with E-state index in [1.54, 1.807) is 0 Å². The first kappa shape index (κ1) is 36.2. The zero-order chi connectivity index (χ0) is 31.9. The van der Waals surface area contributed by atoms with Crippen molar-refractivity contribution in [3.05, 3.63) is 0 Å². The maximum absolute atomic E-state index is 12.3. The highest BCUT2D eigenvalue weighted by Crippen LogP contribution is 2.35. The lowest BCUT2D eigenvalue weighted by Crippen LogP contribution is -2.65. The first-order valence-electron chi connectivity index (χ1n) is 12.9. The monoisotopic (exact) mass is 617 g/mol. The van der Waals surface area contributed by atoms with Crippen LogP contribution in [0.3, 0.4) is 0 Å². The molecule has 19 nitrogen and oxygen atoms in total. The third-order valence-corrected chi connectivity index (χ3v) is 6.88. The number of carbonyl (C=O) groups excluding carboxylic acids is 2. The van der Waals surface area contributed by atoms with Crippen LogP contribution in [0.5, 0.6) is 0 Å². The van der Waals surface area contributed by atoms with Crippen LogP contribution in [0.1, 0.15) is 19.8 Å². The van der Waals surface area contributed by atoms with Gasteiger partial charge in [0.1, 0.15) is 48.8 Å². The Bertz CT molecular complexity index is 895. The smallest absolute Gasteiger partial charge is 0.364 e. The van der Waals surface area contributed by atoms with Gasteiger partial charge in [-0.15, -0.1) is 0 Å². The molecule has 2 fully saturated rings. The van der Waals surface area contributed by atoms with Gasteiger partial charge in [-0.05, 0) is 0 Å². The molecule has 244 valence electrons. The van der Waals surface area contributed by atoms with Crippen LogP contribution in [0.2, 0.25) is 0 Å². The summed E-state index contributed by atoms with van der Waals surface area (Å²) in [5, 5.41) is 112. The van der Waals surface area contributed by atoms with Crippen LogP contribution in [0.25, 0.3) is 0 Å². The second-order valence-corrected chi connectivity index (χ2v) is 10.1. The molecule has 0 spiro atoms. The third kappa shape index (κ3) is 8.57. The van der Waals surface area contributed by atoms with Crippen molar-refractivity contribution in [1.29, 1.82) is 0 Å². The minimum atomic E-state index is -2.69. The van der Waals surface area contributed by atoms with Crippen molar-refractivity contribution < 1.29 is 89.5 Å². The molecule has 0 bridgehead atoms. The van der Waals surface area contributed by atoms with Crippen LogP contribution < -0.4 is 5.32 Å². The number of amides is 1. The number of carboxylic acid groups (broad SMARTS) is 1. The molecule has 2 rings (SSSR count). The normalized spacial score (nSPS) is 37.2. The number of aliphatic hydroxyl groups is 10. The average Bonchev–Trinajstić information content (AvgIpc) is 2.95. The van der Waals surface area contributed by atoms with E-state index in [1.807, 2.05) is 0 Å². The highest BCUT2D eigenvalue weighted by molar-refractivity contribution is 5.76. The van der Waals surface area contributed by atoms with Crippen LogP contribution in [0.15, 0.2) is 0 Å². The van der Waals surface area contributed by atoms with E-state index in [2.05, 4.69) is 5.32 Å². The van der Waals surface area contributed by atoms with E-state index in [-0.39, 0.29) is 6.29 Å². The standard InChI is InChI=1S/C23H39NO18/c1-8(28)24-15-10(30)3-23(22(37)38,42-13(15)2-9(29)4-25)39-7-14-17(34)18(35)19(36)21(40-14)41-20(12(32)6-27)16(33)11(31)5-26/h5,9-21,25,27,29-36H,2-4,6-7H2,1H3,(H,24,28)(H,37,38)/t9-,10-,11-,12+,13-,14+,15+,16+,17-,18-,19+,20+,21-,23+/m0/s1. The van der Waals surface area contributed by atoms with Crippen molar-refractivity contribution >= 4 is 18.2 Å². The summed E-state index contributed by atoms with van der Waals surface area (Å²) in [5.41, 5.74) is 0. The molecule has 0 aromatic carbocycles. The van der Waals surface area contributed by atoms with Crippen LogP contribution in [0, 0.1) is 0 Å². The Morgan fingerprint density at radius 3 is 2.19 bits per heavy atom. The molecular formula is C23H39NO18. The average molecular weight is 618 g/mol. The minimum Gasteiger partial charge on any atom is -0.477 e. The van der Waals surface area contributed by atoms with Gasteiger partial charge in [0, 0.05) is 19.8 Å². The van der Waals surface area contributed by atoms with E-state index < -0.39 is 130 Å². The number of ether oxygens (including phenoxy) is 4. The van der Waals surface area contributed by atoms with E-state index in [4.69, 9.17) is 18.9 Å². The van der Waals surface area contributed by atoms with Crippen molar-refractivity contribution in [2.24, 2.45) is 0 Å². The van der Waals surface area contributed by atoms with Gasteiger partial charge in [-0.2, -0.15) is 0 Å². The van der Waals surface area contributed by atoms with Gasteiger partial charge >= 0.3 is 5.97 Å². The summed E-state index contributed by atoms with van der Waals surface area (Å²) in [5.74, 6) is -5.10. The van der Waals surface area contributed by atoms with Crippen LogP contribution >= 0.6 is 0 Å². The molecule has 0 aromatic heterocycles. The Morgan fingerprint density at radius 1 is 1.02 bits per heavy atom. The molecule has 12 N–H and O–H groups in total. The first-order chi connectivity index (χ1) is 19.6. The van der Waals surface area contributed by atoms with E-state index >= 15 is 0 Å². The Hall–Kier alpha value is -1.95. The maximum atomic E-state index is 12.3. The molecule has 2 aliphatic rings. The lowest BCUT2D eigenvalue weighted by molar-refractivity contribution is -0.345. The van der Waals surface area contributed by atoms with E-state index in [0.29, 0.717) is 0 Å². The minimum absolute atomic E-state index is 0.105. The van der Waals surface area contributed by atoms with E-state index in [9.17, 15) is 70.6 Å². The molecule has 19 heteroatoms. The van der Waals surface area contributed by atoms with Crippen LogP contribution in [-0.2, 0) is 33.3 Å². The Kier molecular flexibility index (Phi) is 13.5. The summed E-state index contributed by atoms with van der Waals surface area (Å²) < 4.78 is 21.6. The molecule has 0 radical (unpaired) electrons. The quantitative estimate of drug-likeness (QED) is 0.0759. The number of carbonyl (C=O) groups is 3. The Balaban J connectivity index is 2.28. The van der Waals surface area contributed by atoms with Gasteiger partial charge in [0.25, 0.3) is 5.79 Å². The summed E-state index contributed by atoms with van der Waals surface area (Å²) in [6.07, 6.45) is -23.9. The molecule has 0 aliphatic carbocycles. The SMILES string of the molecule is CC(=O)N[C@H]1[C@H](C[C@H](O)CO)O[C@@](OC[C@H]2O[C@@H](O[C@@H]([C@H](O)[C@@H](O)C=O)[C@H](O)CO)[C@H](O)[C@@H](O)[C@H]2O)(C(=O)O)C[C@@H]1O. The number of aldehydes is 1. The first-order valence-corrected chi connectivity index (χ1v) is 12.9. The second-order valence-electron chi connectivity index (χ2n) is 10.1. The number of carboxylic acids is 1. The summed E-state index contributed by atoms with van der Waals surface area (Å²) in [6, 6.07) is -1.23. The molecule has 1 amide bonds. The molecule has 2 heterocycles. The van der Waals surface area contributed by atoms with Gasteiger partial charge in [0.2, 0.25) is 5.91 Å². The number of aliphatic carboxylic acids is 1. The molecule has 42 heavy (non-hydrogen) atoms. The lowest BCUT2D eigenvalue weighted by Gasteiger charge is -2.46. The maximum Gasteiger partial charge on any atom is 0.364 e. The van der Waals surface area contributed by atoms with Crippen LogP contribution in [0.4, 0.5) is 0 Å². The van der Waals surface area contributed by atoms with Gasteiger partial charge in [0.15, 0.2) is 12.6 Å². The molecule has 2 saturated heterocycles. The van der Waals surface area contributed by atoms with Gasteiger partial charge in [0.05, 0.1) is 44.2 Å². The molecule has 0 unspecified atom stereocenters. The number of nitrogens with one attached hydrogen (secondary N) is 1. The van der Waals surface area contributed by atoms with Crippen molar-refractivity contribution in [2.75, 3.05) is 19.8 Å². The largest absolute Gasteiger partial charge is 0.477 e. The summed E-state index contributed by atoms with van der Waals surface area (Å²) in [6.45, 7) is -1.64. The second kappa shape index (κ2) is 15.7. The van der Waals surface area contributed by atoms with Crippen LogP contribution in [-0.4, -0.2) is 179 Å². The number of hydrogen-bond donors (Lipinski definition) is 12. The molecule has 0 aromatic rings. The van der Waals surface area contributed by atoms with Crippen molar-refractivity contribution in [2.45, 2.75) is 105 Å². The fraction of sp³-hybridized carbons (Fsp3) is 0.870. The Labute approximate surface area is 238 Å². The zero-order valence-corrected chi connectivity index (χ0v) is 22.4. The van der Waals surface area contributed by atoms with Gasteiger partial charge < -0.3 is 85.2 Å². The Morgan fingerprint density at radius 2 is 1.67 bits per heavy atom. The summed E-state index contributed by atoms with van der Waals surface area (Å²) in [7, 11) is 0. The number of aliphatic hydroxyl groups excluding tert-OH is 10. The number of hydrogen-bond acceptors (Lipinski definition) is 17. The molecular weight excluding hydrogens is 578 g/mol. The van der Waals surface area contributed by atoms with E-state index in [0.717, 1.165) is 6.92 Å². The topological polar surface area (TPSA) is 323 Å².